The third-order valence-corrected chi connectivity index (χ3v) is 3.46. The Kier molecular flexibility index (Phi) is 4.40. The molecule has 0 atom stereocenters. The monoisotopic (exact) mass is 234 g/mol. The van der Waals surface area contributed by atoms with Crippen LogP contribution in [-0.2, 0) is 11.3 Å². The van der Waals surface area contributed by atoms with Crippen LogP contribution >= 0.6 is 0 Å². The summed E-state index contributed by atoms with van der Waals surface area (Å²) in [5, 5.41) is 0. The molecule has 0 aromatic heterocycles. The van der Waals surface area contributed by atoms with E-state index in [-0.39, 0.29) is 0 Å². The fourth-order valence-electron chi connectivity index (χ4n) is 2.34. The molecule has 0 aliphatic carbocycles. The van der Waals surface area contributed by atoms with Crippen molar-refractivity contribution in [2.24, 2.45) is 11.7 Å². The highest BCUT2D eigenvalue weighted by atomic mass is 16.5. The molecule has 1 fully saturated rings. The van der Waals surface area contributed by atoms with Gasteiger partial charge in [-0.15, -0.1) is 0 Å². The zero-order valence-corrected chi connectivity index (χ0v) is 10.6. The number of benzene rings is 1. The van der Waals surface area contributed by atoms with Gasteiger partial charge in [0.15, 0.2) is 0 Å². The summed E-state index contributed by atoms with van der Waals surface area (Å²) in [7, 11) is 2.16. The number of nitrogens with two attached hydrogens (primary N) is 1. The first kappa shape index (κ1) is 12.4. The molecule has 3 heteroatoms. The van der Waals surface area contributed by atoms with Gasteiger partial charge in [-0.2, -0.15) is 0 Å². The van der Waals surface area contributed by atoms with Crippen molar-refractivity contribution in [1.82, 2.24) is 0 Å². The van der Waals surface area contributed by atoms with E-state index in [1.165, 1.54) is 24.1 Å². The van der Waals surface area contributed by atoms with Gasteiger partial charge in [0, 0.05) is 39.0 Å². The van der Waals surface area contributed by atoms with Crippen LogP contribution in [0.2, 0.25) is 0 Å². The summed E-state index contributed by atoms with van der Waals surface area (Å²) < 4.78 is 5.39. The lowest BCUT2D eigenvalue weighted by molar-refractivity contribution is 0.0685. The van der Waals surface area contributed by atoms with Crippen molar-refractivity contribution in [2.45, 2.75) is 19.4 Å². The molecule has 1 aromatic carbocycles. The molecule has 94 valence electrons. The van der Waals surface area contributed by atoms with Gasteiger partial charge < -0.3 is 15.4 Å². The zero-order valence-electron chi connectivity index (χ0n) is 10.6. The molecule has 1 aliphatic rings. The Hall–Kier alpha value is -1.06. The molecular weight excluding hydrogens is 212 g/mol. The first-order valence-electron chi connectivity index (χ1n) is 6.37. The van der Waals surface area contributed by atoms with Crippen molar-refractivity contribution in [1.29, 1.82) is 0 Å². The molecule has 2 rings (SSSR count). The topological polar surface area (TPSA) is 38.5 Å². The summed E-state index contributed by atoms with van der Waals surface area (Å²) in [6, 6.07) is 8.49. The molecule has 1 aromatic rings. The predicted octanol–water partition coefficient (Wildman–Crippen LogP) is 2.01. The van der Waals surface area contributed by atoms with E-state index in [1.54, 1.807) is 0 Å². The van der Waals surface area contributed by atoms with E-state index in [9.17, 15) is 0 Å². The highest BCUT2D eigenvalue weighted by Crippen LogP contribution is 2.20. The normalized spacial score (nSPS) is 17.1. The van der Waals surface area contributed by atoms with Crippen molar-refractivity contribution in [3.8, 4) is 0 Å². The lowest BCUT2D eigenvalue weighted by atomic mass is 9.99. The molecule has 1 saturated heterocycles. The van der Waals surface area contributed by atoms with E-state index < -0.39 is 0 Å². The number of nitrogens with zero attached hydrogens (tertiary/aromatic N) is 1. The molecule has 0 unspecified atom stereocenters. The average Bonchev–Trinajstić information content (AvgIpc) is 2.40. The van der Waals surface area contributed by atoms with Crippen LogP contribution in [-0.4, -0.2) is 26.8 Å². The first-order valence-corrected chi connectivity index (χ1v) is 6.37. The molecular formula is C14H22N2O. The van der Waals surface area contributed by atoms with E-state index in [4.69, 9.17) is 10.5 Å². The van der Waals surface area contributed by atoms with Crippen LogP contribution in [0.15, 0.2) is 24.3 Å². The molecule has 1 aliphatic heterocycles. The lowest BCUT2D eigenvalue weighted by Crippen LogP contribution is -2.29. The molecule has 17 heavy (non-hydrogen) atoms. The second kappa shape index (κ2) is 6.03. The minimum Gasteiger partial charge on any atom is -0.381 e. The van der Waals surface area contributed by atoms with Crippen LogP contribution < -0.4 is 10.6 Å². The Morgan fingerprint density at radius 1 is 1.35 bits per heavy atom. The molecule has 0 spiro atoms. The molecule has 1 heterocycles. The largest absolute Gasteiger partial charge is 0.381 e. The smallest absolute Gasteiger partial charge is 0.0469 e. The first-order chi connectivity index (χ1) is 8.29. The summed E-state index contributed by atoms with van der Waals surface area (Å²) in [6.45, 7) is 3.55. The molecule has 0 bridgehead atoms. The van der Waals surface area contributed by atoms with Gasteiger partial charge in [-0.25, -0.2) is 0 Å². The maximum Gasteiger partial charge on any atom is 0.0469 e. The maximum absolute atomic E-state index is 5.67. The fourth-order valence-corrected chi connectivity index (χ4v) is 2.34. The van der Waals surface area contributed by atoms with Gasteiger partial charge in [0.2, 0.25) is 0 Å². The van der Waals surface area contributed by atoms with Gasteiger partial charge in [-0.3, -0.25) is 0 Å². The van der Waals surface area contributed by atoms with Gasteiger partial charge in [-0.1, -0.05) is 12.1 Å². The molecule has 0 radical (unpaired) electrons. The Morgan fingerprint density at radius 3 is 2.82 bits per heavy atom. The zero-order chi connectivity index (χ0) is 12.1. The number of rotatable bonds is 4. The van der Waals surface area contributed by atoms with Gasteiger partial charge in [0.25, 0.3) is 0 Å². The SMILES string of the molecule is CN(CC1CCOCC1)c1cccc(CN)c1. The minimum absolute atomic E-state index is 0.610. The second-order valence-electron chi connectivity index (χ2n) is 4.81. The standard InChI is InChI=1S/C14H22N2O/c1-16(11-12-5-7-17-8-6-12)14-4-2-3-13(9-14)10-15/h2-4,9,12H,5-8,10-11,15H2,1H3. The number of hydrogen-bond donors (Lipinski definition) is 1. The Labute approximate surface area is 104 Å². The molecule has 0 amide bonds. The molecule has 0 saturated carbocycles. The van der Waals surface area contributed by atoms with Crippen LogP contribution in [0, 0.1) is 5.92 Å². The number of anilines is 1. The van der Waals surface area contributed by atoms with Crippen molar-refractivity contribution >= 4 is 5.69 Å². The van der Waals surface area contributed by atoms with Crippen LogP contribution in [0.5, 0.6) is 0 Å². The van der Waals surface area contributed by atoms with Crippen LogP contribution in [0.25, 0.3) is 0 Å². The van der Waals surface area contributed by atoms with E-state index in [0.29, 0.717) is 6.54 Å². The summed E-state index contributed by atoms with van der Waals surface area (Å²) >= 11 is 0. The van der Waals surface area contributed by atoms with Crippen molar-refractivity contribution < 1.29 is 4.74 Å². The molecule has 3 nitrogen and oxygen atoms in total. The molecule has 2 N–H and O–H groups in total. The summed E-state index contributed by atoms with van der Waals surface area (Å²) in [6.07, 6.45) is 2.36. The Balaban J connectivity index is 1.95. The van der Waals surface area contributed by atoms with Crippen molar-refractivity contribution in [2.75, 3.05) is 31.7 Å². The van der Waals surface area contributed by atoms with Crippen LogP contribution in [0.1, 0.15) is 18.4 Å². The number of hydrogen-bond acceptors (Lipinski definition) is 3. The highest BCUT2D eigenvalue weighted by molar-refractivity contribution is 5.47. The van der Waals surface area contributed by atoms with E-state index in [2.05, 4.69) is 36.2 Å². The van der Waals surface area contributed by atoms with Gasteiger partial charge in [-0.05, 0) is 36.5 Å². The fraction of sp³-hybridized carbons (Fsp3) is 0.571. The Bertz CT molecular complexity index is 348. The van der Waals surface area contributed by atoms with Crippen molar-refractivity contribution in [3.05, 3.63) is 29.8 Å². The number of ether oxygens (including phenoxy) is 1. The maximum atomic E-state index is 5.67. The van der Waals surface area contributed by atoms with E-state index in [1.807, 2.05) is 0 Å². The van der Waals surface area contributed by atoms with Gasteiger partial charge >= 0.3 is 0 Å². The quantitative estimate of drug-likeness (QED) is 0.866. The summed E-state index contributed by atoms with van der Waals surface area (Å²) in [5.74, 6) is 0.760. The van der Waals surface area contributed by atoms with E-state index in [0.717, 1.165) is 25.7 Å². The third kappa shape index (κ3) is 3.45. The van der Waals surface area contributed by atoms with Crippen LogP contribution in [0.4, 0.5) is 5.69 Å². The highest BCUT2D eigenvalue weighted by Gasteiger charge is 2.15. The van der Waals surface area contributed by atoms with Crippen molar-refractivity contribution in [3.63, 3.8) is 0 Å². The summed E-state index contributed by atoms with van der Waals surface area (Å²) in [5.41, 5.74) is 8.13. The van der Waals surface area contributed by atoms with Gasteiger partial charge in [0.1, 0.15) is 0 Å². The minimum atomic E-state index is 0.610. The lowest BCUT2D eigenvalue weighted by Gasteiger charge is -2.28. The van der Waals surface area contributed by atoms with Gasteiger partial charge in [0.05, 0.1) is 0 Å². The Morgan fingerprint density at radius 2 is 2.12 bits per heavy atom. The summed E-state index contributed by atoms with van der Waals surface area (Å²) in [4.78, 5) is 2.33. The average molecular weight is 234 g/mol. The van der Waals surface area contributed by atoms with E-state index >= 15 is 0 Å². The second-order valence-corrected chi connectivity index (χ2v) is 4.81. The van der Waals surface area contributed by atoms with Crippen LogP contribution in [0.3, 0.4) is 0 Å². The third-order valence-electron chi connectivity index (χ3n) is 3.46. The predicted molar refractivity (Wildman–Crippen MR) is 71.1 cm³/mol.